The van der Waals surface area contributed by atoms with Gasteiger partial charge in [-0.3, -0.25) is 4.79 Å². The van der Waals surface area contributed by atoms with Gasteiger partial charge in [-0.05, 0) is 77.0 Å². The maximum atomic E-state index is 12.2. The summed E-state index contributed by atoms with van der Waals surface area (Å²) in [5, 5.41) is 22.6. The van der Waals surface area contributed by atoms with Gasteiger partial charge in [0.1, 0.15) is 0 Å². The lowest BCUT2D eigenvalue weighted by Crippen LogP contribution is -2.45. The first-order chi connectivity index (χ1) is 21.2. The molecular weight excluding hydrogens is 530 g/mol. The highest BCUT2D eigenvalue weighted by molar-refractivity contribution is 5.76. The molecule has 4 heteroatoms. The van der Waals surface area contributed by atoms with Gasteiger partial charge in [0.2, 0.25) is 5.91 Å². The average Bonchev–Trinajstić information content (AvgIpc) is 3.01. The normalized spacial score (nSPS) is 14.4. The Morgan fingerprint density at radius 1 is 0.581 bits per heavy atom. The van der Waals surface area contributed by atoms with Crippen molar-refractivity contribution in [2.45, 2.75) is 135 Å². The largest absolute Gasteiger partial charge is 0.394 e. The van der Waals surface area contributed by atoms with Gasteiger partial charge in [0.05, 0.1) is 18.8 Å². The molecule has 4 nitrogen and oxygen atoms in total. The molecule has 0 aromatic heterocycles. The minimum atomic E-state index is -0.855. The van der Waals surface area contributed by atoms with E-state index in [1.807, 2.05) is 6.08 Å². The van der Waals surface area contributed by atoms with Gasteiger partial charge in [0.15, 0.2) is 0 Å². The number of aliphatic hydroxyl groups excluding tert-OH is 2. The fourth-order valence-electron chi connectivity index (χ4n) is 4.21. The molecule has 0 bridgehead atoms. The second-order valence-electron chi connectivity index (χ2n) is 10.8. The molecule has 3 N–H and O–H groups in total. The minimum Gasteiger partial charge on any atom is -0.394 e. The highest BCUT2D eigenvalue weighted by atomic mass is 16.3. The van der Waals surface area contributed by atoms with Crippen LogP contribution in [0.25, 0.3) is 0 Å². The summed E-state index contributed by atoms with van der Waals surface area (Å²) in [6, 6.07) is -0.642. The molecule has 0 rings (SSSR count). The van der Waals surface area contributed by atoms with Crippen LogP contribution in [0.15, 0.2) is 97.2 Å². The molecule has 43 heavy (non-hydrogen) atoms. The highest BCUT2D eigenvalue weighted by Gasteiger charge is 2.17. The van der Waals surface area contributed by atoms with Crippen LogP contribution >= 0.6 is 0 Å². The van der Waals surface area contributed by atoms with Crippen molar-refractivity contribution >= 4 is 5.91 Å². The maximum absolute atomic E-state index is 12.2. The first-order valence-corrected chi connectivity index (χ1v) is 17.0. The zero-order valence-electron chi connectivity index (χ0n) is 27.4. The van der Waals surface area contributed by atoms with Crippen LogP contribution in [-0.4, -0.2) is 34.9 Å². The number of hydrogen-bond acceptors (Lipinski definition) is 3. The van der Waals surface area contributed by atoms with Crippen LogP contribution in [0.3, 0.4) is 0 Å². The summed E-state index contributed by atoms with van der Waals surface area (Å²) in [4.78, 5) is 12.2. The molecule has 0 spiro atoms. The van der Waals surface area contributed by atoms with Crippen LogP contribution in [0, 0.1) is 0 Å². The van der Waals surface area contributed by atoms with Crippen molar-refractivity contribution in [1.82, 2.24) is 5.32 Å². The van der Waals surface area contributed by atoms with E-state index in [9.17, 15) is 15.0 Å². The second-order valence-corrected chi connectivity index (χ2v) is 10.8. The standard InChI is InChI=1S/C39H63NO3/c1-3-5-7-9-11-12-13-14-15-16-17-18-19-20-21-22-23-24-25-26-27-28-29-31-33-35-39(43)40-37(36-41)38(42)34-32-30-10-8-6-4-2/h5,7,11-12,14-15,17-18,20-21,23-24,26-27,32,34,37-38,41-42H,3-4,6,8-10,13,16,19,22,25,28-31,33,35-36H2,1-2H3,(H,40,43)/b7-5-,12-11-,15-14-,18-17-,21-20-,24-23-,27-26-,34-32+. The predicted molar refractivity (Wildman–Crippen MR) is 188 cm³/mol. The molecule has 0 fully saturated rings. The van der Waals surface area contributed by atoms with Gasteiger partial charge in [-0.1, -0.05) is 137 Å². The molecule has 0 aliphatic carbocycles. The lowest BCUT2D eigenvalue weighted by molar-refractivity contribution is -0.123. The Morgan fingerprint density at radius 2 is 1.02 bits per heavy atom. The average molecular weight is 594 g/mol. The summed E-state index contributed by atoms with van der Waals surface area (Å²) < 4.78 is 0. The Balaban J connectivity index is 3.75. The van der Waals surface area contributed by atoms with E-state index in [1.54, 1.807) is 6.08 Å². The smallest absolute Gasteiger partial charge is 0.220 e. The first-order valence-electron chi connectivity index (χ1n) is 17.0. The molecule has 0 aromatic carbocycles. The number of carbonyl (C=O) groups is 1. The van der Waals surface area contributed by atoms with Crippen molar-refractivity contribution in [1.29, 1.82) is 0 Å². The zero-order valence-corrected chi connectivity index (χ0v) is 27.4. The maximum Gasteiger partial charge on any atom is 0.220 e. The zero-order chi connectivity index (χ0) is 31.5. The molecule has 0 radical (unpaired) electrons. The van der Waals surface area contributed by atoms with Gasteiger partial charge >= 0.3 is 0 Å². The third kappa shape index (κ3) is 30.6. The molecule has 0 aliphatic heterocycles. The summed E-state index contributed by atoms with van der Waals surface area (Å²) in [7, 11) is 0. The highest BCUT2D eigenvalue weighted by Crippen LogP contribution is 2.07. The van der Waals surface area contributed by atoms with Gasteiger partial charge in [0.25, 0.3) is 0 Å². The molecule has 2 atom stereocenters. The van der Waals surface area contributed by atoms with E-state index in [2.05, 4.69) is 104 Å². The third-order valence-corrected chi connectivity index (χ3v) is 6.82. The van der Waals surface area contributed by atoms with Crippen molar-refractivity contribution in [3.05, 3.63) is 97.2 Å². The number of rotatable bonds is 28. The molecule has 0 saturated heterocycles. The van der Waals surface area contributed by atoms with Gasteiger partial charge in [-0.2, -0.15) is 0 Å². The summed E-state index contributed by atoms with van der Waals surface area (Å²) in [6.45, 7) is 4.07. The Kier molecular flexibility index (Phi) is 31.7. The number of hydrogen-bond donors (Lipinski definition) is 3. The quantitative estimate of drug-likeness (QED) is 0.0624. The monoisotopic (exact) mass is 593 g/mol. The Hall–Kier alpha value is -2.69. The van der Waals surface area contributed by atoms with Gasteiger partial charge in [-0.15, -0.1) is 0 Å². The van der Waals surface area contributed by atoms with Crippen LogP contribution < -0.4 is 5.32 Å². The summed E-state index contributed by atoms with van der Waals surface area (Å²) in [6.07, 6.45) is 50.7. The van der Waals surface area contributed by atoms with Crippen molar-refractivity contribution < 1.29 is 15.0 Å². The predicted octanol–water partition coefficient (Wildman–Crippen LogP) is 9.95. The summed E-state index contributed by atoms with van der Waals surface area (Å²) >= 11 is 0. The molecule has 0 saturated carbocycles. The SMILES string of the molecule is CC/C=C\C/C=C\C/C=C\C/C=C\C/C=C\C/C=C\C/C=C\CCCCCC(=O)NC(CO)C(O)/C=C/CCCCCC. The van der Waals surface area contributed by atoms with Gasteiger partial charge in [-0.25, -0.2) is 0 Å². The van der Waals surface area contributed by atoms with E-state index in [1.165, 1.54) is 19.3 Å². The van der Waals surface area contributed by atoms with E-state index in [-0.39, 0.29) is 12.5 Å². The van der Waals surface area contributed by atoms with Crippen molar-refractivity contribution in [3.8, 4) is 0 Å². The lowest BCUT2D eigenvalue weighted by Gasteiger charge is -2.19. The summed E-state index contributed by atoms with van der Waals surface area (Å²) in [5.74, 6) is -0.109. The first kappa shape index (κ1) is 40.3. The van der Waals surface area contributed by atoms with Crippen LogP contribution in [0.1, 0.15) is 123 Å². The number of aliphatic hydroxyl groups is 2. The van der Waals surface area contributed by atoms with Gasteiger partial charge in [0, 0.05) is 6.42 Å². The van der Waals surface area contributed by atoms with E-state index in [4.69, 9.17) is 0 Å². The van der Waals surface area contributed by atoms with E-state index >= 15 is 0 Å². The number of nitrogens with one attached hydrogen (secondary N) is 1. The van der Waals surface area contributed by atoms with Crippen LogP contribution in [0.5, 0.6) is 0 Å². The molecule has 0 heterocycles. The van der Waals surface area contributed by atoms with E-state index in [0.717, 1.165) is 83.5 Å². The van der Waals surface area contributed by atoms with Crippen LogP contribution in [0.2, 0.25) is 0 Å². The fraction of sp³-hybridized carbons (Fsp3) is 0.564. The number of unbranched alkanes of at least 4 members (excludes halogenated alkanes) is 7. The van der Waals surface area contributed by atoms with Crippen LogP contribution in [0.4, 0.5) is 0 Å². The molecule has 0 aromatic rings. The van der Waals surface area contributed by atoms with Crippen LogP contribution in [-0.2, 0) is 4.79 Å². The number of carbonyl (C=O) groups excluding carboxylic acids is 1. The Bertz CT molecular complexity index is 860. The molecule has 0 aliphatic rings. The van der Waals surface area contributed by atoms with Crippen molar-refractivity contribution in [2.24, 2.45) is 0 Å². The fourth-order valence-corrected chi connectivity index (χ4v) is 4.21. The third-order valence-electron chi connectivity index (χ3n) is 6.82. The van der Waals surface area contributed by atoms with Crippen molar-refractivity contribution in [3.63, 3.8) is 0 Å². The second kappa shape index (κ2) is 33.8. The van der Waals surface area contributed by atoms with E-state index < -0.39 is 12.1 Å². The Labute approximate surface area is 264 Å². The van der Waals surface area contributed by atoms with Crippen molar-refractivity contribution in [2.75, 3.05) is 6.61 Å². The topological polar surface area (TPSA) is 69.6 Å². The lowest BCUT2D eigenvalue weighted by atomic mass is 10.1. The van der Waals surface area contributed by atoms with E-state index in [0.29, 0.717) is 6.42 Å². The summed E-state index contributed by atoms with van der Waals surface area (Å²) in [5.41, 5.74) is 0. The number of amides is 1. The number of allylic oxidation sites excluding steroid dienone is 15. The molecule has 2 unspecified atom stereocenters. The molecular formula is C39H63NO3. The van der Waals surface area contributed by atoms with Gasteiger partial charge < -0.3 is 15.5 Å². The Morgan fingerprint density at radius 3 is 1.49 bits per heavy atom. The molecule has 1 amide bonds. The molecule has 242 valence electrons. The minimum absolute atomic E-state index is 0.109.